The van der Waals surface area contributed by atoms with Crippen LogP contribution in [0.4, 0.5) is 4.39 Å². The van der Waals surface area contributed by atoms with E-state index in [1.54, 1.807) is 36.4 Å². The Morgan fingerprint density at radius 3 is 2.64 bits per heavy atom. The second-order valence-corrected chi connectivity index (χ2v) is 8.95. The van der Waals surface area contributed by atoms with Crippen molar-refractivity contribution in [2.24, 2.45) is 0 Å². The lowest BCUT2D eigenvalue weighted by molar-refractivity contribution is 0.0946. The van der Waals surface area contributed by atoms with Crippen molar-refractivity contribution in [2.75, 3.05) is 6.54 Å². The van der Waals surface area contributed by atoms with Gasteiger partial charge in [0.1, 0.15) is 17.3 Å². The van der Waals surface area contributed by atoms with Crippen LogP contribution in [0.3, 0.4) is 0 Å². The number of amides is 1. The third-order valence-corrected chi connectivity index (χ3v) is 6.19. The Bertz CT molecular complexity index is 1350. The SMILES string of the molecule is C[C@H](Cc1ccc2[nH]c(C(=O)NCc3ccccc3F)cc2c1)NC[C@@H](O)c1ccc(O)c(CO)c1. The topological polar surface area (TPSA) is 118 Å². The lowest BCUT2D eigenvalue weighted by Gasteiger charge is -2.18. The smallest absolute Gasteiger partial charge is 0.267 e. The number of carbonyl (C=O) groups excluding carboxylic acids is 1. The van der Waals surface area contributed by atoms with E-state index in [2.05, 4.69) is 15.6 Å². The zero-order chi connectivity index (χ0) is 25.7. The Balaban J connectivity index is 1.33. The molecule has 1 amide bonds. The highest BCUT2D eigenvalue weighted by Crippen LogP contribution is 2.23. The molecule has 8 heteroatoms. The molecule has 0 bridgehead atoms. The molecule has 0 spiro atoms. The van der Waals surface area contributed by atoms with Crippen LogP contribution in [0.5, 0.6) is 5.75 Å². The highest BCUT2D eigenvalue weighted by molar-refractivity contribution is 5.98. The number of hydrogen-bond donors (Lipinski definition) is 6. The fourth-order valence-electron chi connectivity index (χ4n) is 4.14. The lowest BCUT2D eigenvalue weighted by atomic mass is 10.0. The molecule has 0 fully saturated rings. The zero-order valence-electron chi connectivity index (χ0n) is 20.0. The number of phenols is 1. The minimum atomic E-state index is -0.782. The number of halogens is 1. The van der Waals surface area contributed by atoms with Crippen molar-refractivity contribution >= 4 is 16.8 Å². The second-order valence-electron chi connectivity index (χ2n) is 8.95. The van der Waals surface area contributed by atoms with Gasteiger partial charge in [-0.05, 0) is 60.9 Å². The second kappa shape index (κ2) is 11.3. The van der Waals surface area contributed by atoms with Gasteiger partial charge < -0.3 is 30.9 Å². The van der Waals surface area contributed by atoms with Gasteiger partial charge in [0, 0.05) is 41.2 Å². The molecule has 0 saturated heterocycles. The van der Waals surface area contributed by atoms with Gasteiger partial charge in [0.25, 0.3) is 5.91 Å². The maximum absolute atomic E-state index is 13.8. The molecule has 6 N–H and O–H groups in total. The number of benzene rings is 3. The molecule has 0 unspecified atom stereocenters. The summed E-state index contributed by atoms with van der Waals surface area (Å²) in [6, 6.07) is 18.8. The first-order valence-electron chi connectivity index (χ1n) is 11.8. The number of nitrogens with one attached hydrogen (secondary N) is 3. The highest BCUT2D eigenvalue weighted by Gasteiger charge is 2.14. The molecule has 4 rings (SSSR count). The molecule has 4 aromatic rings. The first-order chi connectivity index (χ1) is 17.3. The van der Waals surface area contributed by atoms with Gasteiger partial charge >= 0.3 is 0 Å². The van der Waals surface area contributed by atoms with Crippen molar-refractivity contribution in [1.82, 2.24) is 15.6 Å². The van der Waals surface area contributed by atoms with Crippen LogP contribution in [0.15, 0.2) is 66.7 Å². The number of H-pyrrole nitrogens is 1. The molecule has 0 aliphatic rings. The summed E-state index contributed by atoms with van der Waals surface area (Å²) in [7, 11) is 0. The largest absolute Gasteiger partial charge is 0.508 e. The fourth-order valence-corrected chi connectivity index (χ4v) is 4.14. The van der Waals surface area contributed by atoms with E-state index in [9.17, 15) is 24.5 Å². The van der Waals surface area contributed by atoms with Crippen molar-refractivity contribution in [2.45, 2.75) is 38.6 Å². The summed E-state index contributed by atoms with van der Waals surface area (Å²) in [5, 5.41) is 36.4. The van der Waals surface area contributed by atoms with Gasteiger partial charge in [0.2, 0.25) is 0 Å². The Morgan fingerprint density at radius 2 is 1.86 bits per heavy atom. The van der Waals surface area contributed by atoms with Crippen LogP contribution < -0.4 is 10.6 Å². The molecule has 1 heterocycles. The predicted molar refractivity (Wildman–Crippen MR) is 136 cm³/mol. The van der Waals surface area contributed by atoms with E-state index in [0.717, 1.165) is 16.5 Å². The average Bonchev–Trinajstić information content (AvgIpc) is 3.30. The number of aromatic nitrogens is 1. The van der Waals surface area contributed by atoms with E-state index in [1.165, 1.54) is 12.1 Å². The lowest BCUT2D eigenvalue weighted by Crippen LogP contribution is -2.32. The molecule has 0 radical (unpaired) electrons. The molecule has 0 aliphatic carbocycles. The quantitative estimate of drug-likeness (QED) is 0.202. The molecule has 0 aliphatic heterocycles. The molecular formula is C28H30FN3O4. The van der Waals surface area contributed by atoms with Gasteiger partial charge in [0.15, 0.2) is 0 Å². The minimum Gasteiger partial charge on any atom is -0.508 e. The number of hydrogen-bond acceptors (Lipinski definition) is 5. The van der Waals surface area contributed by atoms with Crippen molar-refractivity contribution in [3.05, 3.63) is 100 Å². The summed E-state index contributed by atoms with van der Waals surface area (Å²) in [5.41, 5.74) is 3.73. The summed E-state index contributed by atoms with van der Waals surface area (Å²) in [5.74, 6) is -0.661. The van der Waals surface area contributed by atoms with Gasteiger partial charge in [-0.2, -0.15) is 0 Å². The number of aromatic hydroxyl groups is 1. The molecule has 36 heavy (non-hydrogen) atoms. The van der Waals surface area contributed by atoms with Crippen LogP contribution in [0.2, 0.25) is 0 Å². The summed E-state index contributed by atoms with van der Waals surface area (Å²) >= 11 is 0. The molecule has 3 aromatic carbocycles. The normalized spacial score (nSPS) is 13.0. The molecule has 1 aromatic heterocycles. The summed E-state index contributed by atoms with van der Waals surface area (Å²) < 4.78 is 13.8. The van der Waals surface area contributed by atoms with Crippen molar-refractivity contribution in [1.29, 1.82) is 0 Å². The van der Waals surface area contributed by atoms with Crippen molar-refractivity contribution in [3.63, 3.8) is 0 Å². The number of aliphatic hydroxyl groups excluding tert-OH is 2. The van der Waals surface area contributed by atoms with Gasteiger partial charge in [-0.3, -0.25) is 4.79 Å². The third kappa shape index (κ3) is 6.09. The van der Waals surface area contributed by atoms with Gasteiger partial charge in [-0.1, -0.05) is 30.3 Å². The molecule has 188 valence electrons. The Kier molecular flexibility index (Phi) is 8.00. The van der Waals surface area contributed by atoms with Crippen LogP contribution >= 0.6 is 0 Å². The van der Waals surface area contributed by atoms with Gasteiger partial charge in [-0.15, -0.1) is 0 Å². The number of fused-ring (bicyclic) bond motifs is 1. The van der Waals surface area contributed by atoms with E-state index in [1.807, 2.05) is 25.1 Å². The molecule has 0 saturated carbocycles. The number of aliphatic hydroxyl groups is 2. The van der Waals surface area contributed by atoms with Gasteiger partial charge in [-0.25, -0.2) is 4.39 Å². The van der Waals surface area contributed by atoms with E-state index < -0.39 is 6.10 Å². The first kappa shape index (κ1) is 25.4. The molecule has 7 nitrogen and oxygen atoms in total. The number of aromatic amines is 1. The maximum atomic E-state index is 13.8. The fraction of sp³-hybridized carbons (Fsp3) is 0.250. The molecular weight excluding hydrogens is 461 g/mol. The monoisotopic (exact) mass is 491 g/mol. The third-order valence-electron chi connectivity index (χ3n) is 6.19. The Labute approximate surface area is 208 Å². The number of carbonyl (C=O) groups is 1. The standard InChI is InChI=1S/C28H30FN3O4/c1-17(30-15-27(35)19-7-9-26(34)22(12-19)16-33)10-18-6-8-24-21(11-18)13-25(32-24)28(36)31-14-20-4-2-3-5-23(20)29/h2-9,11-13,17,27,30,32-35H,10,14-16H2,1H3,(H,31,36)/t17-,27-/m1/s1. The van der Waals surface area contributed by atoms with Gasteiger partial charge in [0.05, 0.1) is 12.7 Å². The molecule has 2 atom stereocenters. The average molecular weight is 492 g/mol. The summed E-state index contributed by atoms with van der Waals surface area (Å²) in [6.07, 6.45) is -0.0731. The summed E-state index contributed by atoms with van der Waals surface area (Å²) in [6.45, 7) is 2.14. The van der Waals surface area contributed by atoms with Crippen LogP contribution in [0, 0.1) is 5.82 Å². The first-order valence-corrected chi connectivity index (χ1v) is 11.8. The van der Waals surface area contributed by atoms with Crippen LogP contribution in [0.1, 0.15) is 45.8 Å². The Morgan fingerprint density at radius 1 is 1.06 bits per heavy atom. The van der Waals surface area contributed by atoms with Crippen molar-refractivity contribution in [3.8, 4) is 5.75 Å². The Hall–Kier alpha value is -3.72. The van der Waals surface area contributed by atoms with Crippen LogP contribution in [-0.2, 0) is 19.6 Å². The number of rotatable bonds is 10. The van der Waals surface area contributed by atoms with Crippen LogP contribution in [-0.4, -0.2) is 38.8 Å². The van der Waals surface area contributed by atoms with Crippen molar-refractivity contribution < 1.29 is 24.5 Å². The maximum Gasteiger partial charge on any atom is 0.267 e. The highest BCUT2D eigenvalue weighted by atomic mass is 19.1. The van der Waals surface area contributed by atoms with Crippen LogP contribution in [0.25, 0.3) is 10.9 Å². The predicted octanol–water partition coefficient (Wildman–Crippen LogP) is 3.69. The van der Waals surface area contributed by atoms with E-state index in [0.29, 0.717) is 35.3 Å². The zero-order valence-corrected chi connectivity index (χ0v) is 20.0. The van der Waals surface area contributed by atoms with E-state index in [4.69, 9.17) is 0 Å². The summed E-state index contributed by atoms with van der Waals surface area (Å²) in [4.78, 5) is 15.7. The van der Waals surface area contributed by atoms with E-state index in [-0.39, 0.29) is 36.7 Å². The van der Waals surface area contributed by atoms with E-state index >= 15 is 0 Å². The minimum absolute atomic E-state index is 0.000608.